The molecule has 6 nitrogen and oxygen atoms in total. The van der Waals surface area contributed by atoms with Gasteiger partial charge in [-0.25, -0.2) is 0 Å². The van der Waals surface area contributed by atoms with Crippen LogP contribution in [0.3, 0.4) is 0 Å². The van der Waals surface area contributed by atoms with Crippen molar-refractivity contribution in [2.75, 3.05) is 31.5 Å². The van der Waals surface area contributed by atoms with E-state index in [1.54, 1.807) is 35.8 Å². The molecule has 1 saturated heterocycles. The number of carbonyl (C=O) groups is 3. The van der Waals surface area contributed by atoms with E-state index in [4.69, 9.17) is 0 Å². The van der Waals surface area contributed by atoms with Crippen LogP contribution in [0, 0.1) is 5.41 Å². The van der Waals surface area contributed by atoms with Gasteiger partial charge in [0, 0.05) is 36.3 Å². The Labute approximate surface area is 143 Å². The molecule has 0 bridgehead atoms. The third-order valence-electron chi connectivity index (χ3n) is 3.94. The van der Waals surface area contributed by atoms with Crippen molar-refractivity contribution >= 4 is 39.8 Å². The van der Waals surface area contributed by atoms with Gasteiger partial charge in [0.15, 0.2) is 0 Å². The van der Waals surface area contributed by atoms with Gasteiger partial charge in [-0.3, -0.25) is 14.4 Å². The molecule has 124 valence electrons. The molecule has 3 amide bonds. The van der Waals surface area contributed by atoms with Crippen molar-refractivity contribution in [3.05, 3.63) is 28.7 Å². The molecular formula is C16H20BrN3O3. The van der Waals surface area contributed by atoms with Crippen LogP contribution in [0.5, 0.6) is 0 Å². The highest BCUT2D eigenvalue weighted by Gasteiger charge is 2.40. The molecule has 2 rings (SSSR count). The monoisotopic (exact) mass is 381 g/mol. The SMILES string of the molecule is CC(C)(C(=O)Nc1cccc(Br)c1)C(=O)N1CCN(C=O)CC1. The Morgan fingerprint density at radius 2 is 1.87 bits per heavy atom. The van der Waals surface area contributed by atoms with E-state index in [0.29, 0.717) is 31.9 Å². The summed E-state index contributed by atoms with van der Waals surface area (Å²) in [4.78, 5) is 39.2. The van der Waals surface area contributed by atoms with E-state index in [9.17, 15) is 14.4 Å². The van der Waals surface area contributed by atoms with E-state index >= 15 is 0 Å². The fourth-order valence-electron chi connectivity index (χ4n) is 2.38. The first-order chi connectivity index (χ1) is 10.8. The summed E-state index contributed by atoms with van der Waals surface area (Å²) in [6.45, 7) is 5.14. The summed E-state index contributed by atoms with van der Waals surface area (Å²) in [5, 5.41) is 2.78. The van der Waals surface area contributed by atoms with E-state index in [1.165, 1.54) is 0 Å². The lowest BCUT2D eigenvalue weighted by atomic mass is 9.89. The number of hydrogen-bond acceptors (Lipinski definition) is 3. The van der Waals surface area contributed by atoms with Crippen LogP contribution in [0.15, 0.2) is 28.7 Å². The topological polar surface area (TPSA) is 69.7 Å². The molecule has 1 aromatic carbocycles. The molecule has 0 atom stereocenters. The number of benzene rings is 1. The Morgan fingerprint density at radius 3 is 2.43 bits per heavy atom. The van der Waals surface area contributed by atoms with Crippen LogP contribution in [0.4, 0.5) is 5.69 Å². The Morgan fingerprint density at radius 1 is 1.22 bits per heavy atom. The summed E-state index contributed by atoms with van der Waals surface area (Å²) >= 11 is 3.35. The zero-order chi connectivity index (χ0) is 17.0. The highest BCUT2D eigenvalue weighted by Crippen LogP contribution is 2.24. The molecule has 0 aliphatic carbocycles. The first kappa shape index (κ1) is 17.5. The van der Waals surface area contributed by atoms with Gasteiger partial charge in [-0.2, -0.15) is 0 Å². The first-order valence-electron chi connectivity index (χ1n) is 7.40. The fourth-order valence-corrected chi connectivity index (χ4v) is 2.78. The van der Waals surface area contributed by atoms with Gasteiger partial charge >= 0.3 is 0 Å². The zero-order valence-corrected chi connectivity index (χ0v) is 14.8. The fraction of sp³-hybridized carbons (Fsp3) is 0.438. The van der Waals surface area contributed by atoms with Gasteiger partial charge in [0.2, 0.25) is 18.2 Å². The van der Waals surface area contributed by atoms with Gasteiger partial charge in [-0.15, -0.1) is 0 Å². The largest absolute Gasteiger partial charge is 0.342 e. The van der Waals surface area contributed by atoms with E-state index in [2.05, 4.69) is 21.2 Å². The standard InChI is InChI=1S/C16H20BrN3O3/c1-16(2,14(22)18-13-5-3-4-12(17)10-13)15(23)20-8-6-19(11-21)7-9-20/h3-5,10-11H,6-9H2,1-2H3,(H,18,22). The minimum absolute atomic E-state index is 0.226. The molecule has 7 heteroatoms. The lowest BCUT2D eigenvalue weighted by Gasteiger charge is -2.36. The van der Waals surface area contributed by atoms with Crippen molar-refractivity contribution < 1.29 is 14.4 Å². The van der Waals surface area contributed by atoms with Crippen LogP contribution >= 0.6 is 15.9 Å². The molecule has 1 N–H and O–H groups in total. The minimum atomic E-state index is -1.17. The molecule has 0 aromatic heterocycles. The molecular weight excluding hydrogens is 362 g/mol. The normalized spacial score (nSPS) is 15.3. The Kier molecular flexibility index (Phi) is 5.41. The summed E-state index contributed by atoms with van der Waals surface area (Å²) in [5.41, 5.74) is -0.540. The molecule has 0 spiro atoms. The smallest absolute Gasteiger partial charge is 0.239 e. The van der Waals surface area contributed by atoms with Crippen molar-refractivity contribution in [1.82, 2.24) is 9.80 Å². The number of amides is 3. The van der Waals surface area contributed by atoms with Gasteiger partial charge in [0.05, 0.1) is 0 Å². The van der Waals surface area contributed by atoms with E-state index in [0.717, 1.165) is 10.9 Å². The van der Waals surface area contributed by atoms with Gasteiger partial charge in [0.25, 0.3) is 0 Å². The molecule has 0 radical (unpaired) electrons. The van der Waals surface area contributed by atoms with Crippen molar-refractivity contribution in [2.24, 2.45) is 5.41 Å². The lowest BCUT2D eigenvalue weighted by Crippen LogP contribution is -2.54. The summed E-state index contributed by atoms with van der Waals surface area (Å²) < 4.78 is 0.851. The van der Waals surface area contributed by atoms with Crippen molar-refractivity contribution in [2.45, 2.75) is 13.8 Å². The number of nitrogens with one attached hydrogen (secondary N) is 1. The number of piperazine rings is 1. The summed E-state index contributed by atoms with van der Waals surface area (Å²) in [6, 6.07) is 7.22. The van der Waals surface area contributed by atoms with Crippen LogP contribution in [0.1, 0.15) is 13.8 Å². The van der Waals surface area contributed by atoms with Crippen molar-refractivity contribution in [3.8, 4) is 0 Å². The van der Waals surface area contributed by atoms with Crippen LogP contribution in [0.2, 0.25) is 0 Å². The number of hydrogen-bond donors (Lipinski definition) is 1. The molecule has 0 saturated carbocycles. The maximum absolute atomic E-state index is 12.7. The molecule has 0 unspecified atom stereocenters. The molecule has 1 aliphatic rings. The van der Waals surface area contributed by atoms with E-state index in [-0.39, 0.29) is 11.8 Å². The van der Waals surface area contributed by atoms with E-state index in [1.807, 2.05) is 12.1 Å². The van der Waals surface area contributed by atoms with Gasteiger partial charge < -0.3 is 15.1 Å². The van der Waals surface area contributed by atoms with Crippen LogP contribution in [0.25, 0.3) is 0 Å². The first-order valence-corrected chi connectivity index (χ1v) is 8.19. The molecule has 23 heavy (non-hydrogen) atoms. The average molecular weight is 382 g/mol. The highest BCUT2D eigenvalue weighted by molar-refractivity contribution is 9.10. The predicted octanol–water partition coefficient (Wildman–Crippen LogP) is 1.71. The third-order valence-corrected chi connectivity index (χ3v) is 4.43. The van der Waals surface area contributed by atoms with Gasteiger partial charge in [0.1, 0.15) is 5.41 Å². The molecule has 1 aromatic rings. The number of rotatable bonds is 4. The minimum Gasteiger partial charge on any atom is -0.342 e. The predicted molar refractivity (Wildman–Crippen MR) is 90.8 cm³/mol. The maximum atomic E-state index is 12.7. The third kappa shape index (κ3) is 4.10. The van der Waals surface area contributed by atoms with E-state index < -0.39 is 5.41 Å². The van der Waals surface area contributed by atoms with Gasteiger partial charge in [-0.1, -0.05) is 22.0 Å². The van der Waals surface area contributed by atoms with Crippen LogP contribution in [-0.4, -0.2) is 54.2 Å². The average Bonchev–Trinajstić information content (AvgIpc) is 2.54. The van der Waals surface area contributed by atoms with Crippen LogP contribution in [-0.2, 0) is 14.4 Å². The van der Waals surface area contributed by atoms with Crippen molar-refractivity contribution in [3.63, 3.8) is 0 Å². The second-order valence-corrected chi connectivity index (χ2v) is 6.94. The van der Waals surface area contributed by atoms with Crippen LogP contribution < -0.4 is 5.32 Å². The lowest BCUT2D eigenvalue weighted by molar-refractivity contribution is -0.148. The summed E-state index contributed by atoms with van der Waals surface area (Å²) in [6.07, 6.45) is 0.785. The molecule has 1 aliphatic heterocycles. The number of anilines is 1. The maximum Gasteiger partial charge on any atom is 0.239 e. The van der Waals surface area contributed by atoms with Gasteiger partial charge in [-0.05, 0) is 32.0 Å². The summed E-state index contributed by atoms with van der Waals surface area (Å²) in [7, 11) is 0. The highest BCUT2D eigenvalue weighted by atomic mass is 79.9. The van der Waals surface area contributed by atoms with Crippen molar-refractivity contribution in [1.29, 1.82) is 0 Å². The quantitative estimate of drug-likeness (QED) is 0.637. The second kappa shape index (κ2) is 7.12. The Balaban J connectivity index is 2.03. The zero-order valence-electron chi connectivity index (χ0n) is 13.2. The number of halogens is 1. The summed E-state index contributed by atoms with van der Waals surface area (Å²) in [5.74, 6) is -0.575. The molecule has 1 heterocycles. The molecule has 1 fully saturated rings. The Bertz CT molecular complexity index is 610. The number of carbonyl (C=O) groups excluding carboxylic acids is 3. The second-order valence-electron chi connectivity index (χ2n) is 6.02. The number of nitrogens with zero attached hydrogens (tertiary/aromatic N) is 2. The Hall–Kier alpha value is -1.89.